The van der Waals surface area contributed by atoms with Crippen LogP contribution in [0.4, 0.5) is 5.69 Å². The van der Waals surface area contributed by atoms with E-state index in [1.54, 1.807) is 24.3 Å². The van der Waals surface area contributed by atoms with Crippen LogP contribution in [0.15, 0.2) is 91.3 Å². The standard InChI is InChI=1S/C32H31N4O4/c1-22(37)36(19-24-8-3-6-12-31(24)39-2)20-26(16-25-18-34-30-11-5-4-10-28(25)30)35-32(38)21-40-27-13-14-29-23(17-27)9-7-15-33-29/h3-15,17-18,26H,16,19-21H2,1-2H3,(H,35,38). The molecule has 2 amide bonds. The van der Waals surface area contributed by atoms with Gasteiger partial charge in [-0.15, -0.1) is 0 Å². The molecule has 3 aromatic carbocycles. The van der Waals surface area contributed by atoms with Gasteiger partial charge in [0.05, 0.1) is 24.4 Å². The molecule has 2 heterocycles. The fourth-order valence-corrected chi connectivity index (χ4v) is 4.84. The number of rotatable bonds is 11. The average Bonchev–Trinajstić information content (AvgIpc) is 3.38. The van der Waals surface area contributed by atoms with Crippen LogP contribution in [0.1, 0.15) is 24.5 Å². The van der Waals surface area contributed by atoms with Crippen LogP contribution in [0.25, 0.3) is 16.5 Å². The highest BCUT2D eigenvalue weighted by atomic mass is 16.5. The van der Waals surface area contributed by atoms with Gasteiger partial charge in [-0.05, 0) is 48.4 Å². The minimum atomic E-state index is -0.372. The highest BCUT2D eigenvalue weighted by Crippen LogP contribution is 2.33. The van der Waals surface area contributed by atoms with Crippen LogP contribution in [0.3, 0.4) is 0 Å². The van der Waals surface area contributed by atoms with Gasteiger partial charge in [0, 0.05) is 48.9 Å². The smallest absolute Gasteiger partial charge is 0.258 e. The number of pyridine rings is 1. The minimum Gasteiger partial charge on any atom is -0.496 e. The summed E-state index contributed by atoms with van der Waals surface area (Å²) in [6.45, 7) is 2.04. The van der Waals surface area contributed by atoms with E-state index in [1.807, 2.05) is 79.0 Å². The number of amides is 2. The molecule has 0 saturated heterocycles. The molecule has 1 atom stereocenters. The van der Waals surface area contributed by atoms with E-state index >= 15 is 0 Å². The predicted octanol–water partition coefficient (Wildman–Crippen LogP) is 4.84. The normalized spacial score (nSPS) is 12.6. The number of hydrogen-bond donors (Lipinski definition) is 1. The maximum absolute atomic E-state index is 13.1. The van der Waals surface area contributed by atoms with E-state index in [1.165, 1.54) is 6.92 Å². The molecule has 1 radical (unpaired) electrons. The van der Waals surface area contributed by atoms with Crippen molar-refractivity contribution in [1.29, 1.82) is 0 Å². The van der Waals surface area contributed by atoms with Crippen molar-refractivity contribution in [2.24, 2.45) is 0 Å². The topological polar surface area (TPSA) is 94.9 Å². The van der Waals surface area contributed by atoms with Gasteiger partial charge >= 0.3 is 0 Å². The molecular formula is C32H31N4O4. The largest absolute Gasteiger partial charge is 0.496 e. The fourth-order valence-electron chi connectivity index (χ4n) is 4.84. The third-order valence-electron chi connectivity index (χ3n) is 6.83. The van der Waals surface area contributed by atoms with Crippen molar-refractivity contribution in [3.63, 3.8) is 0 Å². The third-order valence-corrected chi connectivity index (χ3v) is 6.83. The number of para-hydroxylation sites is 2. The van der Waals surface area contributed by atoms with Crippen molar-refractivity contribution >= 4 is 34.0 Å². The summed E-state index contributed by atoms with van der Waals surface area (Å²) in [5, 5.41) is 8.55. The van der Waals surface area contributed by atoms with Crippen LogP contribution >= 0.6 is 0 Å². The minimum absolute atomic E-state index is 0.100. The number of methoxy groups -OCH3 is 1. The quantitative estimate of drug-likeness (QED) is 0.297. The number of ether oxygens (including phenoxy) is 2. The Hall–Kier alpha value is -4.85. The molecule has 8 heteroatoms. The Morgan fingerprint density at radius 1 is 1.00 bits per heavy atom. The lowest BCUT2D eigenvalue weighted by molar-refractivity contribution is -0.131. The molecule has 4 aromatic rings. The third kappa shape index (κ3) is 6.40. The molecular weight excluding hydrogens is 504 g/mol. The number of fused-ring (bicyclic) bond motifs is 2. The SMILES string of the molecule is COc1ccccc1CN(CC(CC1=C[N]c2ccccc21)NC(=O)COc1ccc2ncccc2c1)C(C)=O. The van der Waals surface area contributed by atoms with E-state index in [0.717, 1.165) is 33.3 Å². The molecule has 203 valence electrons. The van der Waals surface area contributed by atoms with E-state index in [2.05, 4.69) is 15.6 Å². The molecule has 0 spiro atoms. The highest BCUT2D eigenvalue weighted by molar-refractivity contribution is 5.82. The zero-order valence-electron chi connectivity index (χ0n) is 22.5. The van der Waals surface area contributed by atoms with Crippen molar-refractivity contribution < 1.29 is 19.1 Å². The predicted molar refractivity (Wildman–Crippen MR) is 154 cm³/mol. The maximum atomic E-state index is 13.1. The molecule has 1 aliphatic rings. The van der Waals surface area contributed by atoms with Crippen LogP contribution in [0.5, 0.6) is 11.5 Å². The summed E-state index contributed by atoms with van der Waals surface area (Å²) in [6, 6.07) is 24.5. The summed E-state index contributed by atoms with van der Waals surface area (Å²) in [4.78, 5) is 31.9. The van der Waals surface area contributed by atoms with Crippen molar-refractivity contribution in [1.82, 2.24) is 20.5 Å². The van der Waals surface area contributed by atoms with E-state index in [0.29, 0.717) is 31.0 Å². The zero-order chi connectivity index (χ0) is 27.9. The number of aromatic nitrogens is 1. The Balaban J connectivity index is 1.31. The molecule has 0 bridgehead atoms. The van der Waals surface area contributed by atoms with Crippen LogP contribution in [0, 0.1) is 0 Å². The van der Waals surface area contributed by atoms with Crippen molar-refractivity contribution in [2.45, 2.75) is 25.9 Å². The first-order valence-electron chi connectivity index (χ1n) is 13.1. The molecule has 0 fully saturated rings. The van der Waals surface area contributed by atoms with Crippen LogP contribution in [-0.4, -0.2) is 48.0 Å². The van der Waals surface area contributed by atoms with Gasteiger partial charge in [-0.1, -0.05) is 42.5 Å². The van der Waals surface area contributed by atoms with E-state index < -0.39 is 0 Å². The summed E-state index contributed by atoms with van der Waals surface area (Å²) < 4.78 is 11.3. The van der Waals surface area contributed by atoms with E-state index in [-0.39, 0.29) is 24.5 Å². The van der Waals surface area contributed by atoms with Gasteiger partial charge in [0.15, 0.2) is 6.61 Å². The molecule has 0 aliphatic carbocycles. The van der Waals surface area contributed by atoms with Crippen molar-refractivity contribution in [3.8, 4) is 11.5 Å². The molecule has 1 unspecified atom stereocenters. The van der Waals surface area contributed by atoms with Crippen molar-refractivity contribution in [3.05, 3.63) is 102 Å². The number of carbonyl (C=O) groups excluding carboxylic acids is 2. The van der Waals surface area contributed by atoms with Crippen LogP contribution in [0.2, 0.25) is 0 Å². The Kier molecular flexibility index (Phi) is 8.25. The first-order chi connectivity index (χ1) is 19.5. The maximum Gasteiger partial charge on any atom is 0.258 e. The average molecular weight is 536 g/mol. The summed E-state index contributed by atoms with van der Waals surface area (Å²) in [5.74, 6) is 0.914. The summed E-state index contributed by atoms with van der Waals surface area (Å²) in [5.41, 5.74) is 4.68. The molecule has 1 aliphatic heterocycles. The zero-order valence-corrected chi connectivity index (χ0v) is 22.5. The van der Waals surface area contributed by atoms with Gasteiger partial charge in [-0.3, -0.25) is 19.9 Å². The van der Waals surface area contributed by atoms with Crippen molar-refractivity contribution in [2.75, 3.05) is 20.3 Å². The number of carbonyl (C=O) groups is 2. The van der Waals surface area contributed by atoms with Gasteiger partial charge in [0.2, 0.25) is 5.91 Å². The van der Waals surface area contributed by atoms with E-state index in [4.69, 9.17) is 9.47 Å². The lowest BCUT2D eigenvalue weighted by atomic mass is 9.99. The van der Waals surface area contributed by atoms with Gasteiger partial charge in [0.25, 0.3) is 5.91 Å². The summed E-state index contributed by atoms with van der Waals surface area (Å²) in [6.07, 6.45) is 4.07. The molecule has 40 heavy (non-hydrogen) atoms. The fraction of sp³-hybridized carbons (Fsp3) is 0.219. The number of nitrogens with zero attached hydrogens (tertiary/aromatic N) is 3. The van der Waals surface area contributed by atoms with Gasteiger partial charge in [0.1, 0.15) is 11.5 Å². The highest BCUT2D eigenvalue weighted by Gasteiger charge is 2.24. The Morgan fingerprint density at radius 2 is 1.82 bits per heavy atom. The number of nitrogens with one attached hydrogen (secondary N) is 1. The first-order valence-corrected chi connectivity index (χ1v) is 13.1. The number of hydrogen-bond acceptors (Lipinski definition) is 5. The Bertz CT molecular complexity index is 1550. The molecule has 0 saturated carbocycles. The van der Waals surface area contributed by atoms with Gasteiger partial charge in [-0.2, -0.15) is 0 Å². The molecule has 8 nitrogen and oxygen atoms in total. The lowest BCUT2D eigenvalue weighted by Crippen LogP contribution is -2.46. The first kappa shape index (κ1) is 26.7. The monoisotopic (exact) mass is 535 g/mol. The summed E-state index contributed by atoms with van der Waals surface area (Å²) in [7, 11) is 1.61. The molecule has 1 N–H and O–H groups in total. The summed E-state index contributed by atoms with van der Waals surface area (Å²) >= 11 is 0. The lowest BCUT2D eigenvalue weighted by Gasteiger charge is -2.28. The molecule has 1 aromatic heterocycles. The van der Waals surface area contributed by atoms with Gasteiger partial charge < -0.3 is 19.7 Å². The van der Waals surface area contributed by atoms with E-state index in [9.17, 15) is 9.59 Å². The second-order valence-corrected chi connectivity index (χ2v) is 9.63. The Labute approximate surface area is 233 Å². The Morgan fingerprint density at radius 3 is 2.67 bits per heavy atom. The van der Waals surface area contributed by atoms with Gasteiger partial charge in [-0.25, -0.2) is 0 Å². The van der Waals surface area contributed by atoms with Crippen LogP contribution < -0.4 is 20.1 Å². The second kappa shape index (κ2) is 12.3. The number of benzene rings is 3. The second-order valence-electron chi connectivity index (χ2n) is 9.63. The molecule has 5 rings (SSSR count). The van der Waals surface area contributed by atoms with Crippen LogP contribution in [-0.2, 0) is 16.1 Å².